The first kappa shape index (κ1) is 25.3. The summed E-state index contributed by atoms with van der Waals surface area (Å²) in [5.74, 6) is -0.664. The number of halogens is 3. The van der Waals surface area contributed by atoms with Gasteiger partial charge in [0.1, 0.15) is 17.3 Å². The van der Waals surface area contributed by atoms with Crippen molar-refractivity contribution in [2.45, 2.75) is 17.4 Å². The Labute approximate surface area is 198 Å². The molecule has 2 aromatic rings. The summed E-state index contributed by atoms with van der Waals surface area (Å²) in [4.78, 5) is 6.00. The van der Waals surface area contributed by atoms with Gasteiger partial charge in [0.15, 0.2) is 5.96 Å². The number of para-hydroxylation sites is 1. The maximum Gasteiger partial charge on any atom is 0.240 e. The van der Waals surface area contributed by atoms with E-state index in [1.807, 2.05) is 0 Å². The first-order valence-corrected chi connectivity index (χ1v) is 11.1. The molecule has 0 bridgehead atoms. The van der Waals surface area contributed by atoms with E-state index in [4.69, 9.17) is 0 Å². The summed E-state index contributed by atoms with van der Waals surface area (Å²) in [6.45, 7) is 1.45. The van der Waals surface area contributed by atoms with E-state index in [1.54, 1.807) is 30.1 Å². The molecule has 2 aromatic carbocycles. The van der Waals surface area contributed by atoms with Gasteiger partial charge in [-0.25, -0.2) is 21.9 Å². The minimum Gasteiger partial charge on any atom is -0.365 e. The van der Waals surface area contributed by atoms with Gasteiger partial charge in [-0.05, 0) is 30.7 Å². The summed E-state index contributed by atoms with van der Waals surface area (Å²) in [6.07, 6.45) is 0.690. The minimum absolute atomic E-state index is 0. The second-order valence-electron chi connectivity index (χ2n) is 6.86. The van der Waals surface area contributed by atoms with Gasteiger partial charge in [0, 0.05) is 39.3 Å². The molecule has 0 aliphatic carbocycles. The van der Waals surface area contributed by atoms with Gasteiger partial charge in [0.25, 0.3) is 0 Å². The molecule has 0 spiro atoms. The molecule has 1 heterocycles. The number of benzene rings is 2. The number of nitrogens with zero attached hydrogens (tertiary/aromatic N) is 2. The number of rotatable bonds is 7. The van der Waals surface area contributed by atoms with Crippen LogP contribution in [0.25, 0.3) is 0 Å². The van der Waals surface area contributed by atoms with E-state index in [0.717, 1.165) is 0 Å². The Morgan fingerprint density at radius 3 is 2.42 bits per heavy atom. The molecule has 31 heavy (non-hydrogen) atoms. The monoisotopic (exact) mass is 565 g/mol. The molecule has 3 N–H and O–H groups in total. The molecular formula is C20H26F2IN5O2S. The normalized spacial score (nSPS) is 16.7. The number of sulfonamides is 1. The van der Waals surface area contributed by atoms with E-state index in [0.29, 0.717) is 32.0 Å². The molecule has 1 saturated heterocycles. The van der Waals surface area contributed by atoms with Crippen LogP contribution in [0.5, 0.6) is 0 Å². The van der Waals surface area contributed by atoms with Crippen LogP contribution in [-0.4, -0.2) is 53.6 Å². The number of guanidine groups is 1. The zero-order valence-electron chi connectivity index (χ0n) is 17.0. The molecule has 1 atom stereocenters. The molecular weight excluding hydrogens is 539 g/mol. The fraction of sp³-hybridized carbons (Fsp3) is 0.350. The SMILES string of the molecule is CN=C(NCCNS(=O)(=O)c1ccccc1)NC1CCN(c2c(F)cccc2F)C1.I. The molecule has 3 rings (SSSR count). The Balaban J connectivity index is 0.00000341. The molecule has 1 fully saturated rings. The summed E-state index contributed by atoms with van der Waals surface area (Å²) in [5, 5.41) is 6.25. The van der Waals surface area contributed by atoms with Crippen molar-refractivity contribution >= 4 is 45.6 Å². The lowest BCUT2D eigenvalue weighted by Crippen LogP contribution is -2.46. The summed E-state index contributed by atoms with van der Waals surface area (Å²) in [7, 11) is -1.96. The highest BCUT2D eigenvalue weighted by Gasteiger charge is 2.27. The van der Waals surface area contributed by atoms with E-state index in [1.165, 1.54) is 30.3 Å². The Bertz CT molecular complexity index is 972. The van der Waals surface area contributed by atoms with Gasteiger partial charge in [-0.3, -0.25) is 4.99 Å². The predicted molar refractivity (Wildman–Crippen MR) is 129 cm³/mol. The predicted octanol–water partition coefficient (Wildman–Crippen LogP) is 2.31. The van der Waals surface area contributed by atoms with Gasteiger partial charge in [-0.1, -0.05) is 24.3 Å². The van der Waals surface area contributed by atoms with Crippen LogP contribution in [0.2, 0.25) is 0 Å². The average Bonchev–Trinajstić information content (AvgIpc) is 3.19. The van der Waals surface area contributed by atoms with Gasteiger partial charge in [-0.2, -0.15) is 0 Å². The molecule has 11 heteroatoms. The zero-order valence-corrected chi connectivity index (χ0v) is 20.2. The number of hydrogen-bond donors (Lipinski definition) is 3. The molecule has 0 amide bonds. The van der Waals surface area contributed by atoms with Crippen molar-refractivity contribution in [1.82, 2.24) is 15.4 Å². The van der Waals surface area contributed by atoms with Gasteiger partial charge in [-0.15, -0.1) is 24.0 Å². The minimum atomic E-state index is -3.56. The Morgan fingerprint density at radius 2 is 1.77 bits per heavy atom. The Hall–Kier alpha value is -1.99. The van der Waals surface area contributed by atoms with Gasteiger partial charge in [0.2, 0.25) is 10.0 Å². The fourth-order valence-corrected chi connectivity index (χ4v) is 4.36. The Kier molecular flexibility index (Phi) is 9.44. The first-order chi connectivity index (χ1) is 14.4. The highest BCUT2D eigenvalue weighted by Crippen LogP contribution is 2.26. The van der Waals surface area contributed by atoms with E-state index in [-0.39, 0.29) is 47.1 Å². The lowest BCUT2D eigenvalue weighted by molar-refractivity contribution is 0.574. The van der Waals surface area contributed by atoms with Crippen molar-refractivity contribution < 1.29 is 17.2 Å². The van der Waals surface area contributed by atoms with Crippen LogP contribution in [0, 0.1) is 11.6 Å². The largest absolute Gasteiger partial charge is 0.365 e. The molecule has 0 radical (unpaired) electrons. The van der Waals surface area contributed by atoms with Crippen LogP contribution in [0.3, 0.4) is 0 Å². The van der Waals surface area contributed by atoms with Crippen LogP contribution >= 0.6 is 24.0 Å². The molecule has 0 aromatic heterocycles. The smallest absolute Gasteiger partial charge is 0.240 e. The number of aliphatic imine (C=N–C) groups is 1. The molecule has 170 valence electrons. The molecule has 1 unspecified atom stereocenters. The third kappa shape index (κ3) is 6.74. The second-order valence-corrected chi connectivity index (χ2v) is 8.62. The van der Waals surface area contributed by atoms with Gasteiger partial charge < -0.3 is 15.5 Å². The fourth-order valence-electron chi connectivity index (χ4n) is 3.31. The molecule has 0 saturated carbocycles. The van der Waals surface area contributed by atoms with Gasteiger partial charge in [0.05, 0.1) is 4.90 Å². The standard InChI is InChI=1S/C20H25F2N5O2S.HI/c1-23-20(24-11-12-25-30(28,29)16-6-3-2-4-7-16)26-15-10-13-27(14-15)19-17(21)8-5-9-18(19)22;/h2-9,15,25H,10-14H2,1H3,(H2,23,24,26);1H. The van der Waals surface area contributed by atoms with Crippen molar-refractivity contribution in [3.05, 3.63) is 60.2 Å². The second kappa shape index (κ2) is 11.6. The number of nitrogens with one attached hydrogen (secondary N) is 3. The third-order valence-electron chi connectivity index (χ3n) is 4.77. The average molecular weight is 565 g/mol. The van der Waals surface area contributed by atoms with E-state index < -0.39 is 21.7 Å². The van der Waals surface area contributed by atoms with Crippen molar-refractivity contribution in [2.75, 3.05) is 38.1 Å². The third-order valence-corrected chi connectivity index (χ3v) is 6.25. The van der Waals surface area contributed by atoms with Crippen molar-refractivity contribution in [2.24, 2.45) is 4.99 Å². The van der Waals surface area contributed by atoms with Crippen LogP contribution in [0.1, 0.15) is 6.42 Å². The Morgan fingerprint density at radius 1 is 1.10 bits per heavy atom. The van der Waals surface area contributed by atoms with E-state index >= 15 is 0 Å². The van der Waals surface area contributed by atoms with Crippen LogP contribution < -0.4 is 20.3 Å². The summed E-state index contributed by atoms with van der Waals surface area (Å²) < 4.78 is 54.9. The highest BCUT2D eigenvalue weighted by molar-refractivity contribution is 14.0. The maximum absolute atomic E-state index is 14.0. The van der Waals surface area contributed by atoms with Crippen molar-refractivity contribution in [1.29, 1.82) is 0 Å². The van der Waals surface area contributed by atoms with E-state index in [2.05, 4.69) is 20.3 Å². The lowest BCUT2D eigenvalue weighted by atomic mass is 10.2. The summed E-state index contributed by atoms with van der Waals surface area (Å²) in [5.41, 5.74) is -0.0138. The van der Waals surface area contributed by atoms with Gasteiger partial charge >= 0.3 is 0 Å². The molecule has 7 nitrogen and oxygen atoms in total. The topological polar surface area (TPSA) is 85.8 Å². The number of hydrogen-bond acceptors (Lipinski definition) is 4. The lowest BCUT2D eigenvalue weighted by Gasteiger charge is -2.21. The summed E-state index contributed by atoms with van der Waals surface area (Å²) >= 11 is 0. The zero-order chi connectivity index (χ0) is 21.6. The summed E-state index contributed by atoms with van der Waals surface area (Å²) in [6, 6.07) is 11.9. The first-order valence-electron chi connectivity index (χ1n) is 9.61. The quantitative estimate of drug-likeness (QED) is 0.208. The molecule has 1 aliphatic heterocycles. The van der Waals surface area contributed by atoms with Crippen molar-refractivity contribution in [3.8, 4) is 0 Å². The molecule has 1 aliphatic rings. The maximum atomic E-state index is 14.0. The van der Waals surface area contributed by atoms with Crippen LogP contribution in [0.15, 0.2) is 58.4 Å². The highest BCUT2D eigenvalue weighted by atomic mass is 127. The van der Waals surface area contributed by atoms with Crippen molar-refractivity contribution in [3.63, 3.8) is 0 Å². The van der Waals surface area contributed by atoms with E-state index in [9.17, 15) is 17.2 Å². The van der Waals surface area contributed by atoms with Crippen LogP contribution in [-0.2, 0) is 10.0 Å². The van der Waals surface area contributed by atoms with Crippen LogP contribution in [0.4, 0.5) is 14.5 Å². The number of anilines is 1.